The minimum atomic E-state index is -0.904. The molecule has 106 valence electrons. The number of rotatable bonds is 5. The first kappa shape index (κ1) is 15.1. The van der Waals surface area contributed by atoms with Crippen LogP contribution in [0.3, 0.4) is 0 Å². The predicted octanol–water partition coefficient (Wildman–Crippen LogP) is 1.33. The second-order valence-electron chi connectivity index (χ2n) is 3.38. The van der Waals surface area contributed by atoms with E-state index in [1.54, 1.807) is 0 Å². The maximum Gasteiger partial charge on any atom is 0.413 e. The lowest BCUT2D eigenvalue weighted by Crippen LogP contribution is -2.27. The topological polar surface area (TPSA) is 99.9 Å². The molecule has 1 aromatic rings. The molecule has 20 heavy (non-hydrogen) atoms. The van der Waals surface area contributed by atoms with Gasteiger partial charge < -0.3 is 19.5 Å². The summed E-state index contributed by atoms with van der Waals surface area (Å²) < 4.78 is 14.8. The summed E-state index contributed by atoms with van der Waals surface area (Å²) in [7, 11) is 2.69. The molecule has 0 saturated heterocycles. The molecule has 0 saturated carbocycles. The number of nitro benzene ring substituents is 1. The smallest absolute Gasteiger partial charge is 0.413 e. The number of benzene rings is 1. The molecule has 0 fully saturated rings. The Labute approximate surface area is 114 Å². The van der Waals surface area contributed by atoms with Gasteiger partial charge >= 0.3 is 11.8 Å². The molecule has 0 radical (unpaired) electrons. The van der Waals surface area contributed by atoms with Gasteiger partial charge in [0.25, 0.3) is 0 Å². The van der Waals surface area contributed by atoms with Gasteiger partial charge in [0, 0.05) is 6.07 Å². The summed E-state index contributed by atoms with van der Waals surface area (Å²) in [4.78, 5) is 21.6. The Morgan fingerprint density at radius 2 is 1.95 bits per heavy atom. The van der Waals surface area contributed by atoms with Gasteiger partial charge in [-0.2, -0.15) is 0 Å². The van der Waals surface area contributed by atoms with Gasteiger partial charge in [-0.05, 0) is 0 Å². The maximum atomic E-state index is 11.4. The highest BCUT2D eigenvalue weighted by Crippen LogP contribution is 2.39. The van der Waals surface area contributed by atoms with Crippen molar-refractivity contribution in [3.63, 3.8) is 0 Å². The summed E-state index contributed by atoms with van der Waals surface area (Å²) in [5, 5.41) is 13.2. The molecule has 0 aliphatic carbocycles. The van der Waals surface area contributed by atoms with E-state index < -0.39 is 16.7 Å². The van der Waals surface area contributed by atoms with Crippen molar-refractivity contribution in [2.45, 2.75) is 0 Å². The molecule has 8 nitrogen and oxygen atoms in total. The summed E-state index contributed by atoms with van der Waals surface area (Å²) in [6.45, 7) is -0.0556. The van der Waals surface area contributed by atoms with Crippen molar-refractivity contribution in [2.24, 2.45) is 0 Å². The highest BCUT2D eigenvalue weighted by atomic mass is 16.6. The molecule has 1 N–H and O–H groups in total. The van der Waals surface area contributed by atoms with Gasteiger partial charge in [-0.25, -0.2) is 4.79 Å². The third-order valence-electron chi connectivity index (χ3n) is 2.20. The van der Waals surface area contributed by atoms with E-state index in [-0.39, 0.29) is 23.8 Å². The Morgan fingerprint density at radius 3 is 2.45 bits per heavy atom. The Balaban J connectivity index is 3.13. The number of nitrogens with zero attached hydrogens (tertiary/aromatic N) is 1. The van der Waals surface area contributed by atoms with Crippen LogP contribution in [0.4, 0.5) is 10.5 Å². The highest BCUT2D eigenvalue weighted by molar-refractivity contribution is 5.73. The second-order valence-corrected chi connectivity index (χ2v) is 3.38. The Morgan fingerprint density at radius 1 is 1.35 bits per heavy atom. The number of carbonyl (C=O) groups is 1. The van der Waals surface area contributed by atoms with Crippen molar-refractivity contribution < 1.29 is 23.9 Å². The zero-order chi connectivity index (χ0) is 15.1. The number of ether oxygens (including phenoxy) is 3. The van der Waals surface area contributed by atoms with Crippen LogP contribution in [0.15, 0.2) is 12.1 Å². The molecule has 8 heteroatoms. The highest BCUT2D eigenvalue weighted by Gasteiger charge is 2.22. The molecule has 0 unspecified atom stereocenters. The fourth-order valence-electron chi connectivity index (χ4n) is 1.33. The molecule has 1 aromatic carbocycles. The van der Waals surface area contributed by atoms with Gasteiger partial charge in [0.1, 0.15) is 0 Å². The number of nitrogens with one attached hydrogen (secondary N) is 1. The molecule has 0 aromatic heterocycles. The van der Waals surface area contributed by atoms with Crippen molar-refractivity contribution in [1.29, 1.82) is 0 Å². The zero-order valence-electron chi connectivity index (χ0n) is 10.8. The van der Waals surface area contributed by atoms with Crippen LogP contribution < -0.4 is 19.5 Å². The van der Waals surface area contributed by atoms with Crippen LogP contribution in [-0.4, -0.2) is 31.8 Å². The number of hydrogen-bond donors (Lipinski definition) is 1. The van der Waals surface area contributed by atoms with Crippen LogP contribution in [-0.2, 0) is 0 Å². The van der Waals surface area contributed by atoms with E-state index in [4.69, 9.17) is 20.6 Å². The van der Waals surface area contributed by atoms with Crippen molar-refractivity contribution in [3.8, 4) is 29.6 Å². The van der Waals surface area contributed by atoms with Crippen molar-refractivity contribution >= 4 is 11.8 Å². The quantitative estimate of drug-likeness (QED) is 0.496. The maximum absolute atomic E-state index is 11.4. The van der Waals surface area contributed by atoms with Crippen molar-refractivity contribution in [2.75, 3.05) is 20.8 Å². The average Bonchev–Trinajstić information content (AvgIpc) is 2.44. The first-order valence-corrected chi connectivity index (χ1v) is 5.33. The van der Waals surface area contributed by atoms with Crippen LogP contribution in [0, 0.1) is 22.5 Å². The molecular weight excluding hydrogens is 268 g/mol. The Bertz CT molecular complexity index is 564. The first-order valence-electron chi connectivity index (χ1n) is 5.33. The molecule has 0 heterocycles. The van der Waals surface area contributed by atoms with E-state index in [0.29, 0.717) is 0 Å². The first-order chi connectivity index (χ1) is 9.53. The number of terminal acetylenes is 1. The van der Waals surface area contributed by atoms with Crippen molar-refractivity contribution in [1.82, 2.24) is 5.32 Å². The largest absolute Gasteiger partial charge is 0.493 e. The lowest BCUT2D eigenvalue weighted by Gasteiger charge is -2.10. The van der Waals surface area contributed by atoms with Crippen molar-refractivity contribution in [3.05, 3.63) is 22.2 Å². The molecule has 0 aliphatic rings. The molecular formula is C12H12N2O6. The number of amides is 1. The van der Waals surface area contributed by atoms with Crippen LogP contribution in [0.2, 0.25) is 0 Å². The molecule has 0 atom stereocenters. The Kier molecular flexibility index (Phi) is 5.17. The van der Waals surface area contributed by atoms with Gasteiger partial charge in [0.2, 0.25) is 5.75 Å². The molecule has 0 bridgehead atoms. The number of methoxy groups -OCH3 is 2. The van der Waals surface area contributed by atoms with E-state index in [2.05, 4.69) is 11.2 Å². The van der Waals surface area contributed by atoms with Gasteiger partial charge in [-0.3, -0.25) is 10.1 Å². The van der Waals surface area contributed by atoms with Gasteiger partial charge in [-0.1, -0.05) is 5.92 Å². The second kappa shape index (κ2) is 6.84. The van der Waals surface area contributed by atoms with E-state index in [0.717, 1.165) is 6.07 Å². The molecule has 1 amide bonds. The number of hydrogen-bond acceptors (Lipinski definition) is 6. The summed E-state index contributed by atoms with van der Waals surface area (Å²) in [6, 6.07) is 2.29. The van der Waals surface area contributed by atoms with E-state index in [1.165, 1.54) is 20.3 Å². The normalized spacial score (nSPS) is 9.25. The Hall–Kier alpha value is -2.95. The lowest BCUT2D eigenvalue weighted by molar-refractivity contribution is -0.385. The molecule has 0 spiro atoms. The monoisotopic (exact) mass is 280 g/mol. The zero-order valence-corrected chi connectivity index (χ0v) is 10.8. The average molecular weight is 280 g/mol. The van der Waals surface area contributed by atoms with Gasteiger partial charge in [0.05, 0.1) is 31.8 Å². The fraction of sp³-hybridized carbons (Fsp3) is 0.250. The van der Waals surface area contributed by atoms with E-state index in [9.17, 15) is 14.9 Å². The summed E-state index contributed by atoms with van der Waals surface area (Å²) in [6.07, 6.45) is 4.06. The minimum absolute atomic E-state index is 0.0556. The summed E-state index contributed by atoms with van der Waals surface area (Å²) in [5.74, 6) is 2.24. The fourth-order valence-corrected chi connectivity index (χ4v) is 1.33. The lowest BCUT2D eigenvalue weighted by atomic mass is 10.2. The van der Waals surface area contributed by atoms with Crippen LogP contribution in [0.1, 0.15) is 0 Å². The standard InChI is InChI=1S/C12H12N2O6/c1-4-5-13-12(15)20-9-7-11(19-3)10(18-2)6-8(9)14(16)17/h1,6-7H,5H2,2-3H3,(H,13,15). The van der Waals surface area contributed by atoms with Crippen LogP contribution >= 0.6 is 0 Å². The van der Waals surface area contributed by atoms with Gasteiger partial charge in [0.15, 0.2) is 11.5 Å². The van der Waals surface area contributed by atoms with E-state index >= 15 is 0 Å². The third kappa shape index (κ3) is 3.52. The molecule has 0 aliphatic heterocycles. The van der Waals surface area contributed by atoms with E-state index in [1.807, 2.05) is 0 Å². The number of carbonyl (C=O) groups excluding carboxylic acids is 1. The number of nitro groups is 1. The molecule has 1 rings (SSSR count). The third-order valence-corrected chi connectivity index (χ3v) is 2.20. The summed E-state index contributed by atoms with van der Waals surface area (Å²) >= 11 is 0. The minimum Gasteiger partial charge on any atom is -0.493 e. The van der Waals surface area contributed by atoms with Crippen LogP contribution in [0.5, 0.6) is 17.2 Å². The van der Waals surface area contributed by atoms with Gasteiger partial charge in [-0.15, -0.1) is 6.42 Å². The predicted molar refractivity (Wildman–Crippen MR) is 69.1 cm³/mol. The van der Waals surface area contributed by atoms with Crippen LogP contribution in [0.25, 0.3) is 0 Å². The summed E-state index contributed by atoms with van der Waals surface area (Å²) in [5.41, 5.74) is -0.432. The SMILES string of the molecule is C#CCNC(=O)Oc1cc(OC)c(OC)cc1[N+](=O)[O-].